The first-order valence-corrected chi connectivity index (χ1v) is 8.11. The molecule has 1 fully saturated rings. The second-order valence-electron chi connectivity index (χ2n) is 6.71. The van der Waals surface area contributed by atoms with Gasteiger partial charge in [0.25, 0.3) is 0 Å². The predicted molar refractivity (Wildman–Crippen MR) is 84.8 cm³/mol. The van der Waals surface area contributed by atoms with Crippen molar-refractivity contribution in [2.75, 3.05) is 13.6 Å². The van der Waals surface area contributed by atoms with Crippen LogP contribution >= 0.6 is 0 Å². The van der Waals surface area contributed by atoms with Crippen LogP contribution < -0.4 is 0 Å². The van der Waals surface area contributed by atoms with Crippen LogP contribution in [0.5, 0.6) is 0 Å². The summed E-state index contributed by atoms with van der Waals surface area (Å²) < 4.78 is 13.5. The number of benzene rings is 1. The summed E-state index contributed by atoms with van der Waals surface area (Å²) in [6.45, 7) is 4.92. The fourth-order valence-electron chi connectivity index (χ4n) is 3.17. The van der Waals surface area contributed by atoms with Crippen molar-refractivity contribution in [3.63, 3.8) is 0 Å². The molecular weight excluding hydrogens is 265 g/mol. The van der Waals surface area contributed by atoms with Gasteiger partial charge in [0.15, 0.2) is 0 Å². The molecule has 0 bridgehead atoms. The standard InChI is InChI=1S/C18H28FNO/c1-13-4-8-16(9-5-13)20(3)11-10-18(21)15-7-6-14(2)17(19)12-15/h6-7,12-13,16,18,21H,4-5,8-11H2,1-3H3. The third kappa shape index (κ3) is 4.52. The van der Waals surface area contributed by atoms with Crippen LogP contribution in [0.25, 0.3) is 0 Å². The van der Waals surface area contributed by atoms with Crippen molar-refractivity contribution in [3.05, 3.63) is 35.1 Å². The zero-order chi connectivity index (χ0) is 15.4. The molecule has 1 aliphatic carbocycles. The predicted octanol–water partition coefficient (Wildman–Crippen LogP) is 4.07. The maximum absolute atomic E-state index is 13.5. The summed E-state index contributed by atoms with van der Waals surface area (Å²) in [5, 5.41) is 10.2. The van der Waals surface area contributed by atoms with Crippen LogP contribution in [0.3, 0.4) is 0 Å². The molecule has 118 valence electrons. The Hall–Kier alpha value is -0.930. The van der Waals surface area contributed by atoms with Crippen molar-refractivity contribution in [1.29, 1.82) is 0 Å². The van der Waals surface area contributed by atoms with Gasteiger partial charge in [-0.3, -0.25) is 0 Å². The Balaban J connectivity index is 1.82. The van der Waals surface area contributed by atoms with Crippen LogP contribution in [0, 0.1) is 18.7 Å². The summed E-state index contributed by atoms with van der Waals surface area (Å²) >= 11 is 0. The SMILES string of the molecule is Cc1ccc(C(O)CCN(C)C2CCC(C)CC2)cc1F. The van der Waals surface area contributed by atoms with E-state index in [4.69, 9.17) is 0 Å². The molecule has 0 radical (unpaired) electrons. The molecule has 21 heavy (non-hydrogen) atoms. The topological polar surface area (TPSA) is 23.5 Å². The molecule has 0 aliphatic heterocycles. The summed E-state index contributed by atoms with van der Waals surface area (Å²) in [5.74, 6) is 0.622. The normalized spacial score (nSPS) is 24.3. The molecule has 1 atom stereocenters. The zero-order valence-corrected chi connectivity index (χ0v) is 13.5. The van der Waals surface area contributed by atoms with Crippen LogP contribution in [-0.2, 0) is 0 Å². The summed E-state index contributed by atoms with van der Waals surface area (Å²) in [6.07, 6.45) is 5.21. The van der Waals surface area contributed by atoms with Gasteiger partial charge in [-0.1, -0.05) is 19.1 Å². The smallest absolute Gasteiger partial charge is 0.126 e. The Morgan fingerprint density at radius 1 is 1.29 bits per heavy atom. The molecule has 1 aromatic rings. The van der Waals surface area contributed by atoms with E-state index in [-0.39, 0.29) is 5.82 Å². The number of nitrogens with zero attached hydrogens (tertiary/aromatic N) is 1. The Morgan fingerprint density at radius 3 is 2.57 bits per heavy atom. The van der Waals surface area contributed by atoms with E-state index in [1.165, 1.54) is 31.7 Å². The van der Waals surface area contributed by atoms with Gasteiger partial charge in [0.05, 0.1) is 6.10 Å². The summed E-state index contributed by atoms with van der Waals surface area (Å²) in [6, 6.07) is 5.66. The van der Waals surface area contributed by atoms with Gasteiger partial charge >= 0.3 is 0 Å². The first kappa shape index (κ1) is 16.4. The number of aliphatic hydroxyl groups is 1. The maximum Gasteiger partial charge on any atom is 0.126 e. The highest BCUT2D eigenvalue weighted by molar-refractivity contribution is 5.24. The van der Waals surface area contributed by atoms with E-state index in [9.17, 15) is 9.50 Å². The Bertz CT molecular complexity index is 455. The lowest BCUT2D eigenvalue weighted by Gasteiger charge is -2.34. The zero-order valence-electron chi connectivity index (χ0n) is 13.5. The van der Waals surface area contributed by atoms with Crippen molar-refractivity contribution >= 4 is 0 Å². The van der Waals surface area contributed by atoms with Crippen LogP contribution in [-0.4, -0.2) is 29.6 Å². The van der Waals surface area contributed by atoms with Gasteiger partial charge in [0.2, 0.25) is 0 Å². The van der Waals surface area contributed by atoms with E-state index < -0.39 is 6.10 Å². The summed E-state index contributed by atoms with van der Waals surface area (Å²) in [7, 11) is 2.14. The molecule has 1 aliphatic rings. The molecule has 1 saturated carbocycles. The van der Waals surface area contributed by atoms with E-state index in [2.05, 4.69) is 18.9 Å². The van der Waals surface area contributed by atoms with Gasteiger partial charge in [-0.25, -0.2) is 4.39 Å². The molecule has 1 unspecified atom stereocenters. The highest BCUT2D eigenvalue weighted by Gasteiger charge is 2.22. The maximum atomic E-state index is 13.5. The molecule has 0 heterocycles. The fraction of sp³-hybridized carbons (Fsp3) is 0.667. The third-order valence-corrected chi connectivity index (χ3v) is 4.94. The molecular formula is C18H28FNO. The quantitative estimate of drug-likeness (QED) is 0.884. The van der Waals surface area contributed by atoms with E-state index >= 15 is 0 Å². The minimum atomic E-state index is -0.579. The average Bonchev–Trinajstić information content (AvgIpc) is 2.48. The molecule has 0 saturated heterocycles. The molecule has 3 heteroatoms. The first-order chi connectivity index (χ1) is 9.97. The van der Waals surface area contributed by atoms with Crippen molar-refractivity contribution in [2.45, 2.75) is 58.1 Å². The van der Waals surface area contributed by atoms with E-state index in [1.54, 1.807) is 13.0 Å². The van der Waals surface area contributed by atoms with Gasteiger partial charge < -0.3 is 10.0 Å². The van der Waals surface area contributed by atoms with Crippen molar-refractivity contribution in [1.82, 2.24) is 4.90 Å². The number of hydrogen-bond donors (Lipinski definition) is 1. The van der Waals surface area contributed by atoms with Crippen molar-refractivity contribution < 1.29 is 9.50 Å². The van der Waals surface area contributed by atoms with Gasteiger partial charge in [0.1, 0.15) is 5.82 Å². The molecule has 0 aromatic heterocycles. The van der Waals surface area contributed by atoms with Gasteiger partial charge in [-0.15, -0.1) is 0 Å². The van der Waals surface area contributed by atoms with Crippen molar-refractivity contribution in [2.24, 2.45) is 5.92 Å². The van der Waals surface area contributed by atoms with Crippen LogP contribution in [0.4, 0.5) is 4.39 Å². The molecule has 1 aromatic carbocycles. The monoisotopic (exact) mass is 293 g/mol. The average molecular weight is 293 g/mol. The molecule has 2 nitrogen and oxygen atoms in total. The third-order valence-electron chi connectivity index (χ3n) is 4.94. The van der Waals surface area contributed by atoms with Crippen LogP contribution in [0.1, 0.15) is 56.3 Å². The Labute approximate surface area is 128 Å². The largest absolute Gasteiger partial charge is 0.388 e. The lowest BCUT2D eigenvalue weighted by atomic mass is 9.86. The van der Waals surface area contributed by atoms with Crippen molar-refractivity contribution in [3.8, 4) is 0 Å². The molecule has 1 N–H and O–H groups in total. The van der Waals surface area contributed by atoms with Crippen LogP contribution in [0.2, 0.25) is 0 Å². The van der Waals surface area contributed by atoms with Gasteiger partial charge in [0, 0.05) is 12.6 Å². The minimum Gasteiger partial charge on any atom is -0.388 e. The second-order valence-corrected chi connectivity index (χ2v) is 6.71. The summed E-state index contributed by atoms with van der Waals surface area (Å²) in [4.78, 5) is 2.36. The number of aliphatic hydroxyl groups excluding tert-OH is 1. The second kappa shape index (κ2) is 7.37. The lowest BCUT2D eigenvalue weighted by molar-refractivity contribution is 0.119. The first-order valence-electron chi connectivity index (χ1n) is 8.11. The molecule has 0 amide bonds. The lowest BCUT2D eigenvalue weighted by Crippen LogP contribution is -2.35. The number of aryl methyl sites for hydroxylation is 1. The summed E-state index contributed by atoms with van der Waals surface area (Å²) in [5.41, 5.74) is 1.31. The highest BCUT2D eigenvalue weighted by atomic mass is 19.1. The fourth-order valence-corrected chi connectivity index (χ4v) is 3.17. The molecule has 2 rings (SSSR count). The Morgan fingerprint density at radius 2 is 1.95 bits per heavy atom. The number of rotatable bonds is 5. The van der Waals surface area contributed by atoms with E-state index in [0.29, 0.717) is 23.6 Å². The van der Waals surface area contributed by atoms with Gasteiger partial charge in [-0.05, 0) is 69.2 Å². The highest BCUT2D eigenvalue weighted by Crippen LogP contribution is 2.27. The van der Waals surface area contributed by atoms with E-state index in [0.717, 1.165) is 12.5 Å². The molecule has 0 spiro atoms. The Kier molecular flexibility index (Phi) is 5.77. The van der Waals surface area contributed by atoms with Crippen LogP contribution in [0.15, 0.2) is 18.2 Å². The minimum absolute atomic E-state index is 0.235. The van der Waals surface area contributed by atoms with E-state index in [1.807, 2.05) is 6.07 Å². The number of hydrogen-bond acceptors (Lipinski definition) is 2. The van der Waals surface area contributed by atoms with Gasteiger partial charge in [-0.2, -0.15) is 0 Å². The number of halogens is 1.